The van der Waals surface area contributed by atoms with E-state index in [1.54, 1.807) is 0 Å². The van der Waals surface area contributed by atoms with Gasteiger partial charge in [-0.1, -0.05) is 30.3 Å². The van der Waals surface area contributed by atoms with E-state index in [4.69, 9.17) is 14.2 Å². The summed E-state index contributed by atoms with van der Waals surface area (Å²) in [5, 5.41) is 0. The molecule has 0 spiro atoms. The summed E-state index contributed by atoms with van der Waals surface area (Å²) in [5.41, 5.74) is 1.16. The molecule has 1 aliphatic rings. The molecular formula is C14H18O4. The second kappa shape index (κ2) is 5.50. The Labute approximate surface area is 107 Å². The van der Waals surface area contributed by atoms with Gasteiger partial charge >= 0.3 is 5.97 Å². The van der Waals surface area contributed by atoms with Crippen LogP contribution in [0.2, 0.25) is 0 Å². The van der Waals surface area contributed by atoms with Crippen LogP contribution in [0.3, 0.4) is 0 Å². The SMILES string of the molecule is CC(=O)OCC1COC(C)(Cc2ccccc2)O1. The molecule has 0 aromatic heterocycles. The van der Waals surface area contributed by atoms with Crippen molar-refractivity contribution in [2.45, 2.75) is 32.2 Å². The Balaban J connectivity index is 1.88. The lowest BCUT2D eigenvalue weighted by Gasteiger charge is -2.23. The van der Waals surface area contributed by atoms with Crippen LogP contribution < -0.4 is 0 Å². The quantitative estimate of drug-likeness (QED) is 0.766. The van der Waals surface area contributed by atoms with Crippen molar-refractivity contribution < 1.29 is 19.0 Å². The van der Waals surface area contributed by atoms with Crippen molar-refractivity contribution in [2.75, 3.05) is 13.2 Å². The van der Waals surface area contributed by atoms with E-state index in [0.29, 0.717) is 13.0 Å². The Morgan fingerprint density at radius 1 is 1.44 bits per heavy atom. The van der Waals surface area contributed by atoms with Crippen LogP contribution in [0.1, 0.15) is 19.4 Å². The molecule has 4 heteroatoms. The second-order valence-electron chi connectivity index (χ2n) is 4.65. The fourth-order valence-corrected chi connectivity index (χ4v) is 2.04. The van der Waals surface area contributed by atoms with Crippen molar-refractivity contribution in [3.63, 3.8) is 0 Å². The highest BCUT2D eigenvalue weighted by atomic mass is 16.7. The first-order valence-electron chi connectivity index (χ1n) is 6.06. The molecule has 1 saturated heterocycles. The van der Waals surface area contributed by atoms with Gasteiger partial charge < -0.3 is 14.2 Å². The molecule has 2 atom stereocenters. The van der Waals surface area contributed by atoms with E-state index in [2.05, 4.69) is 0 Å². The van der Waals surface area contributed by atoms with Crippen LogP contribution in [0.15, 0.2) is 30.3 Å². The molecule has 0 aliphatic carbocycles. The molecule has 18 heavy (non-hydrogen) atoms. The summed E-state index contributed by atoms with van der Waals surface area (Å²) in [5.74, 6) is -0.929. The molecule has 1 aliphatic heterocycles. The number of benzene rings is 1. The standard InChI is InChI=1S/C14H18O4/c1-11(15)16-9-13-10-17-14(2,18-13)8-12-6-4-3-5-7-12/h3-7,13H,8-10H2,1-2H3. The maximum absolute atomic E-state index is 10.7. The monoisotopic (exact) mass is 250 g/mol. The summed E-state index contributed by atoms with van der Waals surface area (Å²) in [6, 6.07) is 10.0. The lowest BCUT2D eigenvalue weighted by molar-refractivity contribution is -0.164. The van der Waals surface area contributed by atoms with Gasteiger partial charge in [-0.2, -0.15) is 0 Å². The van der Waals surface area contributed by atoms with Crippen LogP contribution >= 0.6 is 0 Å². The van der Waals surface area contributed by atoms with Gasteiger partial charge in [-0.15, -0.1) is 0 Å². The van der Waals surface area contributed by atoms with E-state index in [0.717, 1.165) is 5.56 Å². The van der Waals surface area contributed by atoms with Crippen molar-refractivity contribution in [3.05, 3.63) is 35.9 Å². The highest BCUT2D eigenvalue weighted by Crippen LogP contribution is 2.27. The molecule has 1 aromatic rings. The number of rotatable bonds is 4. The Bertz CT molecular complexity index is 404. The van der Waals surface area contributed by atoms with E-state index in [9.17, 15) is 4.79 Å². The summed E-state index contributed by atoms with van der Waals surface area (Å²) in [6.45, 7) is 4.00. The Morgan fingerprint density at radius 3 is 2.83 bits per heavy atom. The Hall–Kier alpha value is -1.39. The van der Waals surface area contributed by atoms with Gasteiger partial charge in [0.1, 0.15) is 12.7 Å². The summed E-state index contributed by atoms with van der Waals surface area (Å²) in [6.07, 6.45) is 0.507. The highest BCUT2D eigenvalue weighted by Gasteiger charge is 2.37. The summed E-state index contributed by atoms with van der Waals surface area (Å²) in [7, 11) is 0. The van der Waals surface area contributed by atoms with Gasteiger partial charge in [0.15, 0.2) is 5.79 Å². The molecule has 0 amide bonds. The first kappa shape index (κ1) is 13.1. The van der Waals surface area contributed by atoms with Crippen LogP contribution in [-0.2, 0) is 25.4 Å². The van der Waals surface area contributed by atoms with Crippen LogP contribution in [0.5, 0.6) is 0 Å². The van der Waals surface area contributed by atoms with E-state index in [1.165, 1.54) is 6.92 Å². The number of carbonyl (C=O) groups is 1. The zero-order valence-electron chi connectivity index (χ0n) is 10.7. The molecule has 0 saturated carbocycles. The van der Waals surface area contributed by atoms with Gasteiger partial charge in [0, 0.05) is 13.3 Å². The number of hydrogen-bond acceptors (Lipinski definition) is 4. The normalized spacial score (nSPS) is 27.1. The van der Waals surface area contributed by atoms with Crippen molar-refractivity contribution in [2.24, 2.45) is 0 Å². The molecule has 2 unspecified atom stereocenters. The molecule has 0 bridgehead atoms. The minimum absolute atomic E-state index is 0.178. The third-order valence-electron chi connectivity index (χ3n) is 2.83. The molecule has 1 aromatic carbocycles. The van der Waals surface area contributed by atoms with Crippen LogP contribution in [0, 0.1) is 0 Å². The van der Waals surface area contributed by atoms with Gasteiger partial charge in [0.25, 0.3) is 0 Å². The molecule has 0 N–H and O–H groups in total. The van der Waals surface area contributed by atoms with Crippen molar-refractivity contribution in [3.8, 4) is 0 Å². The predicted molar refractivity (Wildman–Crippen MR) is 66.0 cm³/mol. The average Bonchev–Trinajstić information content (AvgIpc) is 2.69. The first-order valence-corrected chi connectivity index (χ1v) is 6.06. The summed E-state index contributed by atoms with van der Waals surface area (Å²) >= 11 is 0. The molecular weight excluding hydrogens is 232 g/mol. The fraction of sp³-hybridized carbons (Fsp3) is 0.500. The molecule has 1 fully saturated rings. The lowest BCUT2D eigenvalue weighted by Crippen LogP contribution is -2.30. The van der Waals surface area contributed by atoms with Crippen LogP contribution in [0.25, 0.3) is 0 Å². The van der Waals surface area contributed by atoms with E-state index in [-0.39, 0.29) is 18.7 Å². The first-order chi connectivity index (χ1) is 8.57. The lowest BCUT2D eigenvalue weighted by atomic mass is 10.1. The second-order valence-corrected chi connectivity index (χ2v) is 4.65. The van der Waals surface area contributed by atoms with Gasteiger partial charge in [0.2, 0.25) is 0 Å². The van der Waals surface area contributed by atoms with Gasteiger partial charge in [-0.25, -0.2) is 0 Å². The van der Waals surface area contributed by atoms with E-state index < -0.39 is 5.79 Å². The zero-order valence-corrected chi connectivity index (χ0v) is 10.7. The van der Waals surface area contributed by atoms with Gasteiger partial charge in [-0.05, 0) is 12.5 Å². The minimum atomic E-state index is -0.633. The third-order valence-corrected chi connectivity index (χ3v) is 2.83. The predicted octanol–water partition coefficient (Wildman–Crippen LogP) is 1.92. The number of esters is 1. The van der Waals surface area contributed by atoms with E-state index >= 15 is 0 Å². The molecule has 0 radical (unpaired) electrons. The van der Waals surface area contributed by atoms with Gasteiger partial charge in [-0.3, -0.25) is 4.79 Å². The maximum Gasteiger partial charge on any atom is 0.302 e. The zero-order chi connectivity index (χ0) is 13.0. The summed E-state index contributed by atoms with van der Waals surface area (Å²) < 4.78 is 16.4. The van der Waals surface area contributed by atoms with Crippen LogP contribution in [-0.4, -0.2) is 31.1 Å². The van der Waals surface area contributed by atoms with Crippen LogP contribution in [0.4, 0.5) is 0 Å². The molecule has 1 heterocycles. The highest BCUT2D eigenvalue weighted by molar-refractivity contribution is 5.65. The molecule has 2 rings (SSSR count). The fourth-order valence-electron chi connectivity index (χ4n) is 2.04. The smallest absolute Gasteiger partial charge is 0.302 e. The van der Waals surface area contributed by atoms with Crippen molar-refractivity contribution in [1.82, 2.24) is 0 Å². The maximum atomic E-state index is 10.7. The molecule has 98 valence electrons. The number of hydrogen-bond donors (Lipinski definition) is 0. The van der Waals surface area contributed by atoms with Crippen molar-refractivity contribution >= 4 is 5.97 Å². The number of ether oxygens (including phenoxy) is 3. The average molecular weight is 250 g/mol. The van der Waals surface area contributed by atoms with E-state index in [1.807, 2.05) is 37.3 Å². The number of carbonyl (C=O) groups excluding carboxylic acids is 1. The molecule has 4 nitrogen and oxygen atoms in total. The topological polar surface area (TPSA) is 44.8 Å². The Morgan fingerprint density at radius 2 is 2.17 bits per heavy atom. The third kappa shape index (κ3) is 3.55. The summed E-state index contributed by atoms with van der Waals surface area (Å²) in [4.78, 5) is 10.7. The van der Waals surface area contributed by atoms with Gasteiger partial charge in [0.05, 0.1) is 6.61 Å². The largest absolute Gasteiger partial charge is 0.463 e. The minimum Gasteiger partial charge on any atom is -0.463 e. The van der Waals surface area contributed by atoms with Crippen molar-refractivity contribution in [1.29, 1.82) is 0 Å². The Kier molecular flexibility index (Phi) is 3.99.